The normalized spacial score (nSPS) is 15.5. The largest absolute Gasteiger partial charge is 0.341 e. The van der Waals surface area contributed by atoms with Gasteiger partial charge in [0.25, 0.3) is 0 Å². The molecule has 0 unspecified atom stereocenters. The Balaban J connectivity index is 1.94. The number of carbonyl (C=O) groups is 2. The summed E-state index contributed by atoms with van der Waals surface area (Å²) in [7, 11) is 0. The summed E-state index contributed by atoms with van der Waals surface area (Å²) in [6, 6.07) is 6.08. The van der Waals surface area contributed by atoms with Gasteiger partial charge >= 0.3 is 0 Å². The minimum absolute atomic E-state index is 0.0338. The summed E-state index contributed by atoms with van der Waals surface area (Å²) in [4.78, 5) is 27.3. The van der Waals surface area contributed by atoms with Crippen molar-refractivity contribution in [2.45, 2.75) is 12.8 Å². The molecular weight excluding hydrogens is 271 g/mol. The van der Waals surface area contributed by atoms with Crippen molar-refractivity contribution in [3.63, 3.8) is 0 Å². The van der Waals surface area contributed by atoms with Crippen molar-refractivity contribution in [1.29, 1.82) is 0 Å². The quantitative estimate of drug-likeness (QED) is 0.794. The number of halogens is 1. The van der Waals surface area contributed by atoms with Crippen LogP contribution in [0.25, 0.3) is 0 Å². The van der Waals surface area contributed by atoms with Gasteiger partial charge in [-0.3, -0.25) is 9.59 Å². The number of amides is 2. The molecule has 2 rings (SSSR count). The van der Waals surface area contributed by atoms with Crippen LogP contribution in [0.4, 0.5) is 4.39 Å². The number of benzene rings is 1. The van der Waals surface area contributed by atoms with E-state index < -0.39 is 0 Å². The van der Waals surface area contributed by atoms with E-state index in [9.17, 15) is 14.0 Å². The van der Waals surface area contributed by atoms with Crippen molar-refractivity contribution in [1.82, 2.24) is 9.80 Å². The number of nitrogens with zero attached hydrogens (tertiary/aromatic N) is 2. The first-order chi connectivity index (χ1) is 10.1. The van der Waals surface area contributed by atoms with Crippen molar-refractivity contribution in [2.75, 3.05) is 26.2 Å². The zero-order valence-electron chi connectivity index (χ0n) is 11.9. The van der Waals surface area contributed by atoms with Crippen molar-refractivity contribution >= 4 is 11.8 Å². The molecule has 4 nitrogen and oxygen atoms in total. The van der Waals surface area contributed by atoms with Gasteiger partial charge in [0.15, 0.2) is 0 Å². The fourth-order valence-electron chi connectivity index (χ4n) is 2.45. The van der Waals surface area contributed by atoms with Gasteiger partial charge in [-0.2, -0.15) is 0 Å². The van der Waals surface area contributed by atoms with E-state index >= 15 is 0 Å². The van der Waals surface area contributed by atoms with Crippen LogP contribution in [0.15, 0.2) is 36.9 Å². The SMILES string of the molecule is C=CC(=O)N1CCCN(C(=O)Cc2cccc(F)c2)CC1. The Morgan fingerprint density at radius 1 is 1.19 bits per heavy atom. The van der Waals surface area contributed by atoms with Crippen LogP contribution < -0.4 is 0 Å². The Kier molecular flexibility index (Phi) is 5.09. The average molecular weight is 290 g/mol. The van der Waals surface area contributed by atoms with Crippen LogP contribution in [0.3, 0.4) is 0 Å². The second-order valence-corrected chi connectivity index (χ2v) is 5.07. The smallest absolute Gasteiger partial charge is 0.246 e. The van der Waals surface area contributed by atoms with Crippen LogP contribution in [0.1, 0.15) is 12.0 Å². The Labute approximate surface area is 123 Å². The molecule has 1 heterocycles. The molecule has 1 aromatic carbocycles. The van der Waals surface area contributed by atoms with E-state index in [2.05, 4.69) is 6.58 Å². The molecule has 5 heteroatoms. The van der Waals surface area contributed by atoms with E-state index in [1.165, 1.54) is 18.2 Å². The Morgan fingerprint density at radius 3 is 2.62 bits per heavy atom. The second kappa shape index (κ2) is 7.02. The molecule has 1 aromatic rings. The first-order valence-electron chi connectivity index (χ1n) is 7.03. The van der Waals surface area contributed by atoms with Crippen LogP contribution in [0.2, 0.25) is 0 Å². The standard InChI is InChI=1S/C16H19FN2O2/c1-2-15(20)18-7-4-8-19(10-9-18)16(21)12-13-5-3-6-14(17)11-13/h2-3,5-6,11H,1,4,7-10,12H2. The zero-order chi connectivity index (χ0) is 15.2. The van der Waals surface area contributed by atoms with Crippen LogP contribution in [-0.2, 0) is 16.0 Å². The summed E-state index contributed by atoms with van der Waals surface area (Å²) in [5.74, 6) is -0.471. The van der Waals surface area contributed by atoms with Crippen molar-refractivity contribution in [3.05, 3.63) is 48.3 Å². The molecule has 0 bridgehead atoms. The van der Waals surface area contributed by atoms with E-state index in [0.29, 0.717) is 31.7 Å². The number of rotatable bonds is 3. The Bertz CT molecular complexity index is 545. The third-order valence-electron chi connectivity index (χ3n) is 3.58. The summed E-state index contributed by atoms with van der Waals surface area (Å²) in [5, 5.41) is 0. The maximum absolute atomic E-state index is 13.1. The monoisotopic (exact) mass is 290 g/mol. The van der Waals surface area contributed by atoms with E-state index in [4.69, 9.17) is 0 Å². The van der Waals surface area contributed by atoms with E-state index in [1.54, 1.807) is 21.9 Å². The summed E-state index contributed by atoms with van der Waals surface area (Å²) in [6.45, 7) is 5.75. The minimum Gasteiger partial charge on any atom is -0.341 e. The molecule has 0 radical (unpaired) electrons. The molecule has 1 saturated heterocycles. The predicted octanol–water partition coefficient (Wildman–Crippen LogP) is 1.62. The lowest BCUT2D eigenvalue weighted by atomic mass is 10.1. The summed E-state index contributed by atoms with van der Waals surface area (Å²) in [6.07, 6.45) is 2.23. The van der Waals surface area contributed by atoms with Gasteiger partial charge in [-0.1, -0.05) is 18.7 Å². The molecule has 0 aromatic heterocycles. The highest BCUT2D eigenvalue weighted by atomic mass is 19.1. The number of carbonyl (C=O) groups excluding carboxylic acids is 2. The molecule has 1 aliphatic heterocycles. The van der Waals surface area contributed by atoms with Crippen molar-refractivity contribution in [3.8, 4) is 0 Å². The van der Waals surface area contributed by atoms with Gasteiger partial charge in [0.1, 0.15) is 5.82 Å². The van der Waals surface area contributed by atoms with Gasteiger partial charge in [-0.25, -0.2) is 4.39 Å². The molecular formula is C16H19FN2O2. The second-order valence-electron chi connectivity index (χ2n) is 5.07. The highest BCUT2D eigenvalue weighted by molar-refractivity contribution is 5.87. The lowest BCUT2D eigenvalue weighted by molar-refractivity contribution is -0.131. The molecule has 0 spiro atoms. The molecule has 0 saturated carbocycles. The van der Waals surface area contributed by atoms with Gasteiger partial charge in [0, 0.05) is 26.2 Å². The van der Waals surface area contributed by atoms with Crippen LogP contribution in [0, 0.1) is 5.82 Å². The first kappa shape index (κ1) is 15.2. The maximum atomic E-state index is 13.1. The summed E-state index contributed by atoms with van der Waals surface area (Å²) >= 11 is 0. The molecule has 0 atom stereocenters. The average Bonchev–Trinajstić information content (AvgIpc) is 2.72. The molecule has 21 heavy (non-hydrogen) atoms. The highest BCUT2D eigenvalue weighted by Gasteiger charge is 2.20. The van der Waals surface area contributed by atoms with Crippen LogP contribution in [-0.4, -0.2) is 47.8 Å². The van der Waals surface area contributed by atoms with Gasteiger partial charge in [-0.05, 0) is 30.2 Å². The third kappa shape index (κ3) is 4.15. The van der Waals surface area contributed by atoms with E-state index in [-0.39, 0.29) is 24.1 Å². The van der Waals surface area contributed by atoms with E-state index in [1.807, 2.05) is 0 Å². The Hall–Kier alpha value is -2.17. The maximum Gasteiger partial charge on any atom is 0.246 e. The Morgan fingerprint density at radius 2 is 1.90 bits per heavy atom. The van der Waals surface area contributed by atoms with Gasteiger partial charge in [-0.15, -0.1) is 0 Å². The fraction of sp³-hybridized carbons (Fsp3) is 0.375. The van der Waals surface area contributed by atoms with Crippen LogP contribution in [0.5, 0.6) is 0 Å². The first-order valence-corrected chi connectivity index (χ1v) is 7.03. The number of hydrogen-bond acceptors (Lipinski definition) is 2. The lowest BCUT2D eigenvalue weighted by Gasteiger charge is -2.21. The molecule has 0 N–H and O–H groups in total. The van der Waals surface area contributed by atoms with Gasteiger partial charge in [0.05, 0.1) is 6.42 Å². The van der Waals surface area contributed by atoms with Gasteiger partial charge < -0.3 is 9.80 Å². The predicted molar refractivity (Wildman–Crippen MR) is 78.1 cm³/mol. The molecule has 0 aliphatic carbocycles. The molecule has 1 fully saturated rings. The molecule has 112 valence electrons. The van der Waals surface area contributed by atoms with E-state index in [0.717, 1.165) is 6.42 Å². The summed E-state index contributed by atoms with van der Waals surface area (Å²) < 4.78 is 13.1. The summed E-state index contributed by atoms with van der Waals surface area (Å²) in [5.41, 5.74) is 0.670. The van der Waals surface area contributed by atoms with Gasteiger partial charge in [0.2, 0.25) is 11.8 Å². The fourth-order valence-corrected chi connectivity index (χ4v) is 2.45. The topological polar surface area (TPSA) is 40.6 Å². The molecule has 2 amide bonds. The van der Waals surface area contributed by atoms with Crippen molar-refractivity contribution < 1.29 is 14.0 Å². The molecule has 1 aliphatic rings. The highest BCUT2D eigenvalue weighted by Crippen LogP contribution is 2.09. The van der Waals surface area contributed by atoms with Crippen LogP contribution >= 0.6 is 0 Å². The number of hydrogen-bond donors (Lipinski definition) is 0. The van der Waals surface area contributed by atoms with Crippen molar-refractivity contribution in [2.24, 2.45) is 0 Å². The zero-order valence-corrected chi connectivity index (χ0v) is 11.9. The third-order valence-corrected chi connectivity index (χ3v) is 3.58. The lowest BCUT2D eigenvalue weighted by Crippen LogP contribution is -2.37. The minimum atomic E-state index is -0.334.